The van der Waals surface area contributed by atoms with E-state index >= 15 is 0 Å². The van der Waals surface area contributed by atoms with Crippen molar-refractivity contribution in [2.75, 3.05) is 13.7 Å². The van der Waals surface area contributed by atoms with Gasteiger partial charge >= 0.3 is 5.97 Å². The second-order valence-electron chi connectivity index (χ2n) is 8.73. The summed E-state index contributed by atoms with van der Waals surface area (Å²) in [5.74, 6) is 0.814. The standard InChI is InChI=1S/C23H30N2O4Si/c1-8-28-22(26)20-19(16-10-9-13-24-21(16)27-5)17-14-15(11-12-18(17)25-20)29-30(6,7)23(2,3)4/h9-14,25H,8H2,1-7H3. The molecule has 160 valence electrons. The number of benzene rings is 1. The summed E-state index contributed by atoms with van der Waals surface area (Å²) in [4.78, 5) is 20.2. The van der Waals surface area contributed by atoms with Crippen LogP contribution < -0.4 is 9.16 Å². The van der Waals surface area contributed by atoms with Gasteiger partial charge in [-0.25, -0.2) is 9.78 Å². The van der Waals surface area contributed by atoms with E-state index in [-0.39, 0.29) is 11.6 Å². The zero-order valence-corrected chi connectivity index (χ0v) is 19.8. The van der Waals surface area contributed by atoms with E-state index in [2.05, 4.69) is 43.8 Å². The molecule has 0 atom stereocenters. The number of nitrogens with zero attached hydrogens (tertiary/aromatic N) is 1. The van der Waals surface area contributed by atoms with E-state index in [1.54, 1.807) is 20.2 Å². The number of nitrogens with one attached hydrogen (secondary N) is 1. The molecule has 0 radical (unpaired) electrons. The number of carbonyl (C=O) groups is 1. The van der Waals surface area contributed by atoms with Crippen molar-refractivity contribution in [1.82, 2.24) is 9.97 Å². The van der Waals surface area contributed by atoms with Crippen LogP contribution in [0.25, 0.3) is 22.0 Å². The summed E-state index contributed by atoms with van der Waals surface area (Å²) in [5.41, 5.74) is 2.62. The van der Waals surface area contributed by atoms with Crippen LogP contribution in [0.15, 0.2) is 36.5 Å². The molecule has 0 fully saturated rings. The lowest BCUT2D eigenvalue weighted by Crippen LogP contribution is -2.43. The van der Waals surface area contributed by atoms with Crippen molar-refractivity contribution in [3.05, 3.63) is 42.2 Å². The van der Waals surface area contributed by atoms with Crippen molar-refractivity contribution in [2.24, 2.45) is 0 Å². The Bertz CT molecular complexity index is 1070. The number of aromatic amines is 1. The van der Waals surface area contributed by atoms with Crippen LogP contribution in [0.5, 0.6) is 11.6 Å². The lowest BCUT2D eigenvalue weighted by atomic mass is 10.0. The van der Waals surface area contributed by atoms with Gasteiger partial charge < -0.3 is 18.9 Å². The van der Waals surface area contributed by atoms with Crippen LogP contribution in [0.1, 0.15) is 38.2 Å². The minimum absolute atomic E-state index is 0.0750. The first kappa shape index (κ1) is 21.9. The average Bonchev–Trinajstić information content (AvgIpc) is 3.05. The number of fused-ring (bicyclic) bond motifs is 1. The molecule has 6 nitrogen and oxygen atoms in total. The first-order valence-corrected chi connectivity index (χ1v) is 13.0. The van der Waals surface area contributed by atoms with Gasteiger partial charge in [0, 0.05) is 28.2 Å². The highest BCUT2D eigenvalue weighted by molar-refractivity contribution is 6.74. The van der Waals surface area contributed by atoms with Gasteiger partial charge in [-0.3, -0.25) is 0 Å². The fourth-order valence-corrected chi connectivity index (χ4v) is 4.08. The smallest absolute Gasteiger partial charge is 0.355 e. The van der Waals surface area contributed by atoms with Gasteiger partial charge in [0.15, 0.2) is 0 Å². The Kier molecular flexibility index (Phi) is 5.94. The number of hydrogen-bond acceptors (Lipinski definition) is 5. The van der Waals surface area contributed by atoms with Gasteiger partial charge in [0.05, 0.1) is 13.7 Å². The third-order valence-electron chi connectivity index (χ3n) is 5.66. The highest BCUT2D eigenvalue weighted by atomic mass is 28.4. The number of esters is 1. The Labute approximate surface area is 178 Å². The summed E-state index contributed by atoms with van der Waals surface area (Å²) < 4.78 is 17.3. The predicted molar refractivity (Wildman–Crippen MR) is 122 cm³/mol. The SMILES string of the molecule is CCOC(=O)c1[nH]c2ccc(O[Si](C)(C)C(C)(C)C)cc2c1-c1cccnc1OC. The zero-order chi connectivity index (χ0) is 22.1. The molecule has 0 aliphatic rings. The van der Waals surface area contributed by atoms with E-state index < -0.39 is 14.3 Å². The zero-order valence-electron chi connectivity index (χ0n) is 18.8. The molecule has 30 heavy (non-hydrogen) atoms. The maximum atomic E-state index is 12.7. The summed E-state index contributed by atoms with van der Waals surface area (Å²) in [6.45, 7) is 13.1. The first-order valence-electron chi connectivity index (χ1n) is 10.1. The average molecular weight is 427 g/mol. The molecule has 3 rings (SSSR count). The molecule has 0 bridgehead atoms. The number of H-pyrrole nitrogens is 1. The molecule has 0 spiro atoms. The fourth-order valence-electron chi connectivity index (χ4n) is 3.06. The fraction of sp³-hybridized carbons (Fsp3) is 0.391. The summed E-state index contributed by atoms with van der Waals surface area (Å²) >= 11 is 0. The second-order valence-corrected chi connectivity index (χ2v) is 13.5. The monoisotopic (exact) mass is 426 g/mol. The van der Waals surface area contributed by atoms with Gasteiger partial charge in [0.2, 0.25) is 14.2 Å². The molecule has 3 aromatic rings. The van der Waals surface area contributed by atoms with Crippen LogP contribution in [0, 0.1) is 0 Å². The third kappa shape index (κ3) is 4.07. The molecule has 0 aliphatic carbocycles. The molecule has 7 heteroatoms. The van der Waals surface area contributed by atoms with E-state index in [1.807, 2.05) is 30.3 Å². The van der Waals surface area contributed by atoms with Crippen LogP contribution in [0.4, 0.5) is 0 Å². The minimum Gasteiger partial charge on any atom is -0.543 e. The van der Waals surface area contributed by atoms with E-state index in [0.717, 1.165) is 22.2 Å². The summed E-state index contributed by atoms with van der Waals surface area (Å²) in [5, 5.41) is 0.937. The Balaban J connectivity index is 2.22. The van der Waals surface area contributed by atoms with E-state index in [4.69, 9.17) is 13.9 Å². The summed E-state index contributed by atoms with van der Waals surface area (Å²) in [7, 11) is -0.448. The molecular formula is C23H30N2O4Si. The van der Waals surface area contributed by atoms with Crippen molar-refractivity contribution in [2.45, 2.75) is 45.8 Å². The van der Waals surface area contributed by atoms with Crippen molar-refractivity contribution in [3.8, 4) is 22.8 Å². The number of methoxy groups -OCH3 is 1. The van der Waals surface area contributed by atoms with Crippen LogP contribution in [0.3, 0.4) is 0 Å². The highest BCUT2D eigenvalue weighted by Crippen LogP contribution is 2.41. The van der Waals surface area contributed by atoms with Crippen molar-refractivity contribution in [3.63, 3.8) is 0 Å². The molecule has 2 heterocycles. The second kappa shape index (κ2) is 8.14. The number of aromatic nitrogens is 2. The van der Waals surface area contributed by atoms with Crippen LogP contribution >= 0.6 is 0 Å². The Morgan fingerprint density at radius 2 is 1.93 bits per heavy atom. The molecular weight excluding hydrogens is 396 g/mol. The molecule has 0 saturated heterocycles. The minimum atomic E-state index is -2.01. The normalized spacial score (nSPS) is 12.1. The summed E-state index contributed by atoms with van der Waals surface area (Å²) in [6, 6.07) is 9.57. The molecule has 0 unspecified atom stereocenters. The lowest BCUT2D eigenvalue weighted by molar-refractivity contribution is 0.0521. The molecule has 0 aliphatic heterocycles. The Hall–Kier alpha value is -2.80. The van der Waals surface area contributed by atoms with E-state index in [0.29, 0.717) is 17.1 Å². The largest absolute Gasteiger partial charge is 0.543 e. The predicted octanol–water partition coefficient (Wildman–Crippen LogP) is 5.80. The Morgan fingerprint density at radius 1 is 1.20 bits per heavy atom. The molecule has 1 aromatic carbocycles. The van der Waals surface area contributed by atoms with Gasteiger partial charge in [0.1, 0.15) is 11.4 Å². The van der Waals surface area contributed by atoms with E-state index in [1.165, 1.54) is 0 Å². The number of pyridine rings is 1. The molecule has 0 amide bonds. The van der Waals surface area contributed by atoms with Gasteiger partial charge in [-0.1, -0.05) is 20.8 Å². The maximum absolute atomic E-state index is 12.7. The number of rotatable bonds is 6. The number of hydrogen-bond donors (Lipinski definition) is 1. The number of carbonyl (C=O) groups excluding carboxylic acids is 1. The first-order chi connectivity index (χ1) is 14.1. The maximum Gasteiger partial charge on any atom is 0.355 e. The quantitative estimate of drug-likeness (QED) is 0.398. The van der Waals surface area contributed by atoms with Gasteiger partial charge in [0.25, 0.3) is 0 Å². The van der Waals surface area contributed by atoms with Gasteiger partial charge in [-0.15, -0.1) is 0 Å². The van der Waals surface area contributed by atoms with Gasteiger partial charge in [-0.2, -0.15) is 0 Å². The van der Waals surface area contributed by atoms with Crippen molar-refractivity contribution >= 4 is 25.2 Å². The number of ether oxygens (including phenoxy) is 2. The lowest BCUT2D eigenvalue weighted by Gasteiger charge is -2.36. The van der Waals surface area contributed by atoms with Crippen LogP contribution in [-0.4, -0.2) is 38.0 Å². The van der Waals surface area contributed by atoms with Crippen LogP contribution in [-0.2, 0) is 4.74 Å². The Morgan fingerprint density at radius 3 is 2.57 bits per heavy atom. The van der Waals surface area contributed by atoms with E-state index in [9.17, 15) is 4.79 Å². The van der Waals surface area contributed by atoms with Crippen LogP contribution in [0.2, 0.25) is 18.1 Å². The van der Waals surface area contributed by atoms with Crippen molar-refractivity contribution < 1.29 is 18.7 Å². The summed E-state index contributed by atoms with van der Waals surface area (Å²) in [6.07, 6.45) is 1.66. The molecule has 2 aromatic heterocycles. The topological polar surface area (TPSA) is 73.4 Å². The third-order valence-corrected chi connectivity index (χ3v) is 10.0. The van der Waals surface area contributed by atoms with Crippen molar-refractivity contribution in [1.29, 1.82) is 0 Å². The highest BCUT2D eigenvalue weighted by Gasteiger charge is 2.39. The molecule has 0 saturated carbocycles. The molecule has 1 N–H and O–H groups in total. The van der Waals surface area contributed by atoms with Gasteiger partial charge in [-0.05, 0) is 55.4 Å².